The van der Waals surface area contributed by atoms with Crippen LogP contribution in [0.4, 0.5) is 0 Å². The molecule has 4 heteroatoms. The third kappa shape index (κ3) is 13.5. The van der Waals surface area contributed by atoms with Gasteiger partial charge in [0, 0.05) is 6.54 Å². The molecule has 0 aliphatic carbocycles. The number of Topliss-reactive ketones (excluding diaryl/α,β-unsaturated/α-hetero) is 1. The number of hydrogen-bond acceptors (Lipinski definition) is 4. The second-order valence-corrected chi connectivity index (χ2v) is 4.68. The summed E-state index contributed by atoms with van der Waals surface area (Å²) in [6.07, 6.45) is 1.83. The fourth-order valence-electron chi connectivity index (χ4n) is 1.49. The van der Waals surface area contributed by atoms with Crippen LogP contribution in [0.3, 0.4) is 0 Å². The average molecular weight is 273 g/mol. The van der Waals surface area contributed by atoms with Gasteiger partial charge in [-0.3, -0.25) is 4.79 Å². The second kappa shape index (κ2) is 13.7. The summed E-state index contributed by atoms with van der Waals surface area (Å²) in [4.78, 5) is 11.4. The molecule has 0 aliphatic rings. The van der Waals surface area contributed by atoms with Gasteiger partial charge in [0.15, 0.2) is 0 Å². The van der Waals surface area contributed by atoms with Crippen LogP contribution < -0.4 is 5.32 Å². The van der Waals surface area contributed by atoms with Gasteiger partial charge in [-0.15, -0.1) is 6.58 Å². The van der Waals surface area contributed by atoms with Crippen LogP contribution in [0, 0.1) is 5.92 Å². The summed E-state index contributed by atoms with van der Waals surface area (Å²) in [6, 6.07) is -0.177. The highest BCUT2D eigenvalue weighted by atomic mass is 16.5. The van der Waals surface area contributed by atoms with Crippen molar-refractivity contribution in [2.75, 3.05) is 19.8 Å². The summed E-state index contributed by atoms with van der Waals surface area (Å²) in [5, 5.41) is 12.7. The minimum atomic E-state index is -0.594. The van der Waals surface area contributed by atoms with E-state index in [-0.39, 0.29) is 18.4 Å². The largest absolute Gasteiger partial charge is 0.389 e. The zero-order chi connectivity index (χ0) is 15.3. The van der Waals surface area contributed by atoms with Gasteiger partial charge < -0.3 is 15.2 Å². The molecule has 0 saturated heterocycles. The van der Waals surface area contributed by atoms with Crippen molar-refractivity contribution >= 4 is 5.78 Å². The summed E-state index contributed by atoms with van der Waals surface area (Å²) in [5.41, 5.74) is 0. The minimum absolute atomic E-state index is 0.109. The van der Waals surface area contributed by atoms with E-state index >= 15 is 0 Å². The predicted molar refractivity (Wildman–Crippen MR) is 80.3 cm³/mol. The molecule has 2 unspecified atom stereocenters. The number of aliphatic hydroxyl groups is 1. The number of aliphatic hydroxyl groups excluding tert-OH is 1. The third-order valence-electron chi connectivity index (χ3n) is 2.34. The van der Waals surface area contributed by atoms with E-state index < -0.39 is 6.10 Å². The maximum Gasteiger partial charge on any atom is 0.146 e. The first-order valence-corrected chi connectivity index (χ1v) is 7.07. The zero-order valence-electron chi connectivity index (χ0n) is 13.1. The first-order chi connectivity index (χ1) is 8.97. The fourth-order valence-corrected chi connectivity index (χ4v) is 1.49. The highest BCUT2D eigenvalue weighted by Crippen LogP contribution is 2.05. The molecule has 114 valence electrons. The Kier molecular flexibility index (Phi) is 14.9. The Morgan fingerprint density at radius 2 is 2.00 bits per heavy atom. The van der Waals surface area contributed by atoms with E-state index in [1.807, 2.05) is 13.8 Å². The number of hydrogen-bond donors (Lipinski definition) is 2. The molecule has 0 aromatic rings. The average Bonchev–Trinajstić information content (AvgIpc) is 2.36. The van der Waals surface area contributed by atoms with E-state index in [0.717, 1.165) is 6.42 Å². The van der Waals surface area contributed by atoms with Gasteiger partial charge in [0.1, 0.15) is 5.78 Å². The van der Waals surface area contributed by atoms with Gasteiger partial charge in [-0.05, 0) is 19.3 Å². The lowest BCUT2D eigenvalue weighted by Gasteiger charge is -2.20. The van der Waals surface area contributed by atoms with Gasteiger partial charge in [-0.1, -0.05) is 33.8 Å². The van der Waals surface area contributed by atoms with Crippen LogP contribution in [0.25, 0.3) is 0 Å². The van der Waals surface area contributed by atoms with Crippen molar-refractivity contribution in [3.63, 3.8) is 0 Å². The SMILES string of the molecule is C=CCOCC(O)CNC(CC(C)C)C(C)=O.CC. The maximum atomic E-state index is 11.4. The standard InChI is InChI=1S/C13H25NO3.C2H6/c1-5-6-17-9-12(16)8-14-13(11(4)15)7-10(2)3;1-2/h5,10,12-14,16H,1,6-9H2,2-4H3;1-2H3. The Morgan fingerprint density at radius 1 is 1.42 bits per heavy atom. The summed E-state index contributed by atoms with van der Waals surface area (Å²) in [7, 11) is 0. The second-order valence-electron chi connectivity index (χ2n) is 4.68. The number of nitrogens with one attached hydrogen (secondary N) is 1. The smallest absolute Gasteiger partial charge is 0.146 e. The molecule has 0 heterocycles. The van der Waals surface area contributed by atoms with Gasteiger partial charge in [0.25, 0.3) is 0 Å². The fraction of sp³-hybridized carbons (Fsp3) is 0.800. The number of carbonyl (C=O) groups excluding carboxylic acids is 1. The van der Waals surface area contributed by atoms with Crippen LogP contribution in [0.2, 0.25) is 0 Å². The van der Waals surface area contributed by atoms with Crippen molar-refractivity contribution in [2.45, 2.75) is 53.2 Å². The van der Waals surface area contributed by atoms with Crippen molar-refractivity contribution in [2.24, 2.45) is 5.92 Å². The molecule has 0 aromatic carbocycles. The number of ether oxygens (including phenoxy) is 1. The first kappa shape index (κ1) is 20.6. The van der Waals surface area contributed by atoms with Crippen molar-refractivity contribution in [1.82, 2.24) is 5.32 Å². The van der Waals surface area contributed by atoms with Crippen LogP contribution in [-0.4, -0.2) is 42.8 Å². The molecule has 2 atom stereocenters. The Balaban J connectivity index is 0. The van der Waals surface area contributed by atoms with Crippen molar-refractivity contribution in [3.8, 4) is 0 Å². The molecule has 0 aromatic heterocycles. The molecular weight excluding hydrogens is 242 g/mol. The molecule has 0 saturated carbocycles. The van der Waals surface area contributed by atoms with Crippen LogP contribution in [0.15, 0.2) is 12.7 Å². The number of carbonyl (C=O) groups is 1. The highest BCUT2D eigenvalue weighted by Gasteiger charge is 2.16. The van der Waals surface area contributed by atoms with E-state index in [0.29, 0.717) is 19.1 Å². The number of rotatable bonds is 10. The molecule has 0 spiro atoms. The summed E-state index contributed by atoms with van der Waals surface area (Å²) in [5.74, 6) is 0.559. The summed E-state index contributed by atoms with van der Waals surface area (Å²) >= 11 is 0. The van der Waals surface area contributed by atoms with Gasteiger partial charge in [0.05, 0.1) is 25.4 Å². The highest BCUT2D eigenvalue weighted by molar-refractivity contribution is 5.81. The lowest BCUT2D eigenvalue weighted by molar-refractivity contribution is -0.119. The van der Waals surface area contributed by atoms with E-state index in [4.69, 9.17) is 4.74 Å². The van der Waals surface area contributed by atoms with Crippen molar-refractivity contribution in [1.29, 1.82) is 0 Å². The van der Waals surface area contributed by atoms with Crippen molar-refractivity contribution < 1.29 is 14.6 Å². The Morgan fingerprint density at radius 3 is 2.42 bits per heavy atom. The van der Waals surface area contributed by atoms with E-state index in [9.17, 15) is 9.90 Å². The lowest BCUT2D eigenvalue weighted by atomic mass is 10.0. The van der Waals surface area contributed by atoms with Crippen LogP contribution in [-0.2, 0) is 9.53 Å². The zero-order valence-corrected chi connectivity index (χ0v) is 13.1. The molecule has 0 rings (SSSR count). The van der Waals surface area contributed by atoms with Crippen LogP contribution >= 0.6 is 0 Å². The van der Waals surface area contributed by atoms with Gasteiger partial charge >= 0.3 is 0 Å². The topological polar surface area (TPSA) is 58.6 Å². The van der Waals surface area contributed by atoms with Crippen LogP contribution in [0.5, 0.6) is 0 Å². The molecule has 0 bridgehead atoms. The van der Waals surface area contributed by atoms with Gasteiger partial charge in [0.2, 0.25) is 0 Å². The van der Waals surface area contributed by atoms with E-state index in [1.165, 1.54) is 0 Å². The first-order valence-electron chi connectivity index (χ1n) is 7.07. The normalized spacial score (nSPS) is 13.4. The molecular formula is C15H31NO3. The van der Waals surface area contributed by atoms with Gasteiger partial charge in [-0.25, -0.2) is 0 Å². The summed E-state index contributed by atoms with van der Waals surface area (Å²) in [6.45, 7) is 14.3. The monoisotopic (exact) mass is 273 g/mol. The summed E-state index contributed by atoms with van der Waals surface area (Å²) < 4.78 is 5.13. The quantitative estimate of drug-likeness (QED) is 0.473. The Bertz CT molecular complexity index is 229. The van der Waals surface area contributed by atoms with E-state index in [1.54, 1.807) is 13.0 Å². The Hall–Kier alpha value is -0.710. The van der Waals surface area contributed by atoms with Gasteiger partial charge in [-0.2, -0.15) is 0 Å². The maximum absolute atomic E-state index is 11.4. The predicted octanol–water partition coefficient (Wildman–Crippen LogP) is 2.17. The number of ketones is 1. The van der Waals surface area contributed by atoms with Crippen molar-refractivity contribution in [3.05, 3.63) is 12.7 Å². The molecule has 2 N–H and O–H groups in total. The Labute approximate surface area is 118 Å². The third-order valence-corrected chi connectivity index (χ3v) is 2.34. The molecule has 0 radical (unpaired) electrons. The van der Waals surface area contributed by atoms with Crippen LogP contribution in [0.1, 0.15) is 41.0 Å². The van der Waals surface area contributed by atoms with E-state index in [2.05, 4.69) is 25.7 Å². The molecule has 4 nitrogen and oxygen atoms in total. The lowest BCUT2D eigenvalue weighted by Crippen LogP contribution is -2.42. The molecule has 0 aliphatic heterocycles. The minimum Gasteiger partial charge on any atom is -0.389 e. The molecule has 0 amide bonds. The molecule has 19 heavy (non-hydrogen) atoms. The molecule has 0 fully saturated rings.